The molecule has 0 aliphatic heterocycles. The summed E-state index contributed by atoms with van der Waals surface area (Å²) in [7, 11) is 0. The van der Waals surface area contributed by atoms with Gasteiger partial charge in [-0.2, -0.15) is 0 Å². The van der Waals surface area contributed by atoms with Gasteiger partial charge in [-0.25, -0.2) is 4.98 Å². The molecule has 1 heterocycles. The Kier molecular flexibility index (Phi) is 4.19. The fraction of sp³-hybridized carbons (Fsp3) is 0.500. The molecule has 0 fully saturated rings. The van der Waals surface area contributed by atoms with E-state index in [4.69, 9.17) is 11.6 Å². The van der Waals surface area contributed by atoms with E-state index in [0.29, 0.717) is 11.2 Å². The van der Waals surface area contributed by atoms with Crippen LogP contribution in [0.5, 0.6) is 0 Å². The molecule has 1 aromatic carbocycles. The van der Waals surface area contributed by atoms with Crippen LogP contribution in [0.15, 0.2) is 29.1 Å². The van der Waals surface area contributed by atoms with Crippen LogP contribution in [0, 0.1) is 0 Å². The third-order valence-corrected chi connectivity index (χ3v) is 4.41. The monoisotopic (exact) mass is 292 g/mol. The van der Waals surface area contributed by atoms with Crippen LogP contribution >= 0.6 is 11.6 Å². The van der Waals surface area contributed by atoms with E-state index in [0.717, 1.165) is 18.4 Å². The number of halogens is 1. The summed E-state index contributed by atoms with van der Waals surface area (Å²) in [5.74, 6) is 0.671. The van der Waals surface area contributed by atoms with Crippen LogP contribution in [0.4, 0.5) is 0 Å². The van der Waals surface area contributed by atoms with Gasteiger partial charge in [0.1, 0.15) is 5.82 Å². The lowest BCUT2D eigenvalue weighted by Crippen LogP contribution is -2.39. The molecule has 0 radical (unpaired) electrons. The number of benzene rings is 1. The highest BCUT2D eigenvalue weighted by molar-refractivity contribution is 6.20. The molecule has 0 N–H and O–H groups in total. The largest absolute Gasteiger partial charge is 0.289 e. The van der Waals surface area contributed by atoms with E-state index in [9.17, 15) is 4.79 Å². The van der Waals surface area contributed by atoms with Crippen molar-refractivity contribution in [3.05, 3.63) is 40.4 Å². The van der Waals surface area contributed by atoms with E-state index in [2.05, 4.69) is 11.9 Å². The molecule has 2 rings (SSSR count). The van der Waals surface area contributed by atoms with Gasteiger partial charge < -0.3 is 0 Å². The molecule has 0 bridgehead atoms. The molecule has 2 aromatic rings. The summed E-state index contributed by atoms with van der Waals surface area (Å²) < 4.78 is 1.77. The Labute approximate surface area is 124 Å². The molecule has 0 aliphatic carbocycles. The fourth-order valence-electron chi connectivity index (χ4n) is 2.29. The summed E-state index contributed by atoms with van der Waals surface area (Å²) in [6, 6.07) is 7.45. The summed E-state index contributed by atoms with van der Waals surface area (Å²) in [6.07, 6.45) is 1.58. The molecular weight excluding hydrogens is 272 g/mol. The molecular formula is C16H21ClN2O. The molecule has 0 amide bonds. The first-order valence-corrected chi connectivity index (χ1v) is 7.52. The second-order valence-corrected chi connectivity index (χ2v) is 6.20. The Balaban J connectivity index is 2.88. The van der Waals surface area contributed by atoms with Crippen molar-refractivity contribution < 1.29 is 0 Å². The maximum absolute atomic E-state index is 12.8. The van der Waals surface area contributed by atoms with Crippen molar-refractivity contribution in [3.8, 4) is 0 Å². The molecule has 1 unspecified atom stereocenters. The van der Waals surface area contributed by atoms with Gasteiger partial charge in [-0.1, -0.05) is 26.0 Å². The zero-order chi connectivity index (χ0) is 14.9. The standard InChI is InChI=1S/C16H21ClN2O/c1-5-12(17)14-18-13-10-8-7-9-11(13)15(20)19(14)16(3,4)6-2/h7-10,12H,5-6H2,1-4H3. The molecule has 108 valence electrons. The maximum Gasteiger partial charge on any atom is 0.261 e. The molecule has 0 saturated heterocycles. The van der Waals surface area contributed by atoms with Crippen LogP contribution in [-0.4, -0.2) is 9.55 Å². The van der Waals surface area contributed by atoms with Gasteiger partial charge in [0.15, 0.2) is 0 Å². The zero-order valence-corrected chi connectivity index (χ0v) is 13.2. The lowest BCUT2D eigenvalue weighted by atomic mass is 10.0. The Morgan fingerprint density at radius 3 is 2.55 bits per heavy atom. The summed E-state index contributed by atoms with van der Waals surface area (Å²) in [6.45, 7) is 8.17. The molecule has 1 atom stereocenters. The number of aromatic nitrogens is 2. The first kappa shape index (κ1) is 15.0. The van der Waals surface area contributed by atoms with Crippen molar-refractivity contribution in [2.24, 2.45) is 0 Å². The van der Waals surface area contributed by atoms with E-state index in [-0.39, 0.29) is 16.5 Å². The Hall–Kier alpha value is -1.35. The van der Waals surface area contributed by atoms with Gasteiger partial charge in [0.2, 0.25) is 0 Å². The smallest absolute Gasteiger partial charge is 0.261 e. The number of fused-ring (bicyclic) bond motifs is 1. The number of alkyl halides is 1. The van der Waals surface area contributed by atoms with Crippen molar-refractivity contribution in [1.29, 1.82) is 0 Å². The lowest BCUT2D eigenvalue weighted by Gasteiger charge is -2.30. The van der Waals surface area contributed by atoms with Crippen molar-refractivity contribution in [1.82, 2.24) is 9.55 Å². The van der Waals surface area contributed by atoms with Crippen LogP contribution in [0.25, 0.3) is 10.9 Å². The number of nitrogens with zero attached hydrogens (tertiary/aromatic N) is 2. The van der Waals surface area contributed by atoms with Gasteiger partial charge in [0, 0.05) is 5.54 Å². The van der Waals surface area contributed by atoms with Gasteiger partial charge in [-0.3, -0.25) is 9.36 Å². The highest BCUT2D eigenvalue weighted by Gasteiger charge is 2.26. The van der Waals surface area contributed by atoms with Gasteiger partial charge in [0.25, 0.3) is 5.56 Å². The second kappa shape index (κ2) is 5.57. The van der Waals surface area contributed by atoms with E-state index in [1.54, 1.807) is 4.57 Å². The molecule has 20 heavy (non-hydrogen) atoms. The third-order valence-electron chi connectivity index (χ3n) is 3.91. The maximum atomic E-state index is 12.8. The van der Waals surface area contributed by atoms with Gasteiger partial charge in [-0.15, -0.1) is 11.6 Å². The fourth-order valence-corrected chi connectivity index (χ4v) is 2.43. The van der Waals surface area contributed by atoms with Crippen molar-refractivity contribution in [2.45, 2.75) is 51.5 Å². The highest BCUT2D eigenvalue weighted by Crippen LogP contribution is 2.28. The lowest BCUT2D eigenvalue weighted by molar-refractivity contribution is 0.316. The first-order valence-electron chi connectivity index (χ1n) is 7.08. The average Bonchev–Trinajstić information content (AvgIpc) is 2.46. The topological polar surface area (TPSA) is 34.9 Å². The first-order chi connectivity index (χ1) is 9.42. The molecule has 0 spiro atoms. The minimum atomic E-state index is -0.300. The number of para-hydroxylation sites is 1. The summed E-state index contributed by atoms with van der Waals surface area (Å²) >= 11 is 6.41. The van der Waals surface area contributed by atoms with Gasteiger partial charge in [0.05, 0.1) is 16.3 Å². The zero-order valence-electron chi connectivity index (χ0n) is 12.5. The van der Waals surface area contributed by atoms with E-state index >= 15 is 0 Å². The van der Waals surface area contributed by atoms with Crippen molar-refractivity contribution in [3.63, 3.8) is 0 Å². The second-order valence-electron chi connectivity index (χ2n) is 5.67. The van der Waals surface area contributed by atoms with Gasteiger partial charge >= 0.3 is 0 Å². The van der Waals surface area contributed by atoms with E-state index < -0.39 is 0 Å². The van der Waals surface area contributed by atoms with Crippen LogP contribution in [0.1, 0.15) is 51.7 Å². The molecule has 1 aromatic heterocycles. The Morgan fingerprint density at radius 2 is 1.95 bits per heavy atom. The van der Waals surface area contributed by atoms with E-state index in [1.165, 1.54) is 0 Å². The normalized spacial score (nSPS) is 13.7. The number of hydrogen-bond donors (Lipinski definition) is 0. The summed E-state index contributed by atoms with van der Waals surface area (Å²) in [5.41, 5.74) is 0.414. The van der Waals surface area contributed by atoms with Crippen molar-refractivity contribution in [2.75, 3.05) is 0 Å². The Bertz CT molecular complexity index is 676. The minimum Gasteiger partial charge on any atom is -0.289 e. The highest BCUT2D eigenvalue weighted by atomic mass is 35.5. The third kappa shape index (κ3) is 2.47. The predicted octanol–water partition coefficient (Wildman–Crippen LogP) is 4.23. The van der Waals surface area contributed by atoms with Crippen LogP contribution in [0.2, 0.25) is 0 Å². The van der Waals surface area contributed by atoms with Crippen LogP contribution in [-0.2, 0) is 5.54 Å². The molecule has 0 aliphatic rings. The van der Waals surface area contributed by atoms with Crippen molar-refractivity contribution >= 4 is 22.5 Å². The van der Waals surface area contributed by atoms with E-state index in [1.807, 2.05) is 45.0 Å². The summed E-state index contributed by atoms with van der Waals surface area (Å²) in [4.78, 5) is 17.5. The molecule has 3 nitrogen and oxygen atoms in total. The summed E-state index contributed by atoms with van der Waals surface area (Å²) in [5, 5.41) is 0.399. The average molecular weight is 293 g/mol. The molecule has 4 heteroatoms. The quantitative estimate of drug-likeness (QED) is 0.790. The SMILES string of the molecule is CCC(Cl)c1nc2ccccc2c(=O)n1C(C)(C)CC. The molecule has 0 saturated carbocycles. The number of hydrogen-bond acceptors (Lipinski definition) is 2. The number of rotatable bonds is 4. The van der Waals surface area contributed by atoms with Crippen LogP contribution < -0.4 is 5.56 Å². The van der Waals surface area contributed by atoms with Crippen LogP contribution in [0.3, 0.4) is 0 Å². The predicted molar refractivity (Wildman–Crippen MR) is 84.5 cm³/mol. The minimum absolute atomic E-state index is 0.00319. The van der Waals surface area contributed by atoms with Gasteiger partial charge in [-0.05, 0) is 38.8 Å². The Morgan fingerprint density at radius 1 is 1.30 bits per heavy atom.